The van der Waals surface area contributed by atoms with Gasteiger partial charge in [0.25, 0.3) is 5.91 Å². The Morgan fingerprint density at radius 1 is 1.00 bits per heavy atom. The summed E-state index contributed by atoms with van der Waals surface area (Å²) in [5, 5.41) is 2.86. The Kier molecular flexibility index (Phi) is 7.41. The van der Waals surface area contributed by atoms with E-state index in [0.29, 0.717) is 24.3 Å². The van der Waals surface area contributed by atoms with Gasteiger partial charge in [0.1, 0.15) is 5.75 Å². The van der Waals surface area contributed by atoms with Gasteiger partial charge in [-0.25, -0.2) is 0 Å². The molecule has 0 fully saturated rings. The summed E-state index contributed by atoms with van der Waals surface area (Å²) in [4.78, 5) is 25.6. The topological polar surface area (TPSA) is 58.6 Å². The summed E-state index contributed by atoms with van der Waals surface area (Å²) in [5.41, 5.74) is 3.00. The Morgan fingerprint density at radius 2 is 1.59 bits per heavy atom. The minimum Gasteiger partial charge on any atom is -0.481 e. The van der Waals surface area contributed by atoms with Gasteiger partial charge in [-0.1, -0.05) is 31.2 Å². The quantitative estimate of drug-likeness (QED) is 0.773. The van der Waals surface area contributed by atoms with Crippen molar-refractivity contribution in [2.45, 2.75) is 39.2 Å². The lowest BCUT2D eigenvalue weighted by Gasteiger charge is -2.15. The average Bonchev–Trinajstić information content (AvgIpc) is 2.67. The number of hydrogen-bond donors (Lipinski definition) is 1. The van der Waals surface area contributed by atoms with Crippen LogP contribution in [0.4, 0.5) is 5.69 Å². The molecule has 0 aliphatic heterocycles. The zero-order valence-electron chi connectivity index (χ0n) is 16.5. The van der Waals surface area contributed by atoms with Crippen LogP contribution in [0.1, 0.15) is 31.4 Å². The summed E-state index contributed by atoms with van der Waals surface area (Å²) in [6.07, 6.45) is 1.52. The van der Waals surface area contributed by atoms with E-state index < -0.39 is 6.10 Å². The maximum atomic E-state index is 12.3. The van der Waals surface area contributed by atoms with Crippen LogP contribution in [0.2, 0.25) is 0 Å². The van der Waals surface area contributed by atoms with E-state index in [4.69, 9.17) is 4.74 Å². The molecule has 1 unspecified atom stereocenters. The summed E-state index contributed by atoms with van der Waals surface area (Å²) in [5.74, 6) is 0.575. The first-order chi connectivity index (χ1) is 12.9. The predicted octanol–water partition coefficient (Wildman–Crippen LogP) is 3.68. The van der Waals surface area contributed by atoms with E-state index in [1.807, 2.05) is 48.5 Å². The molecule has 0 saturated carbocycles. The van der Waals surface area contributed by atoms with Crippen molar-refractivity contribution in [2.75, 3.05) is 19.4 Å². The molecule has 27 heavy (non-hydrogen) atoms. The molecule has 2 aromatic rings. The second-order valence-electron chi connectivity index (χ2n) is 6.73. The molecule has 1 atom stereocenters. The van der Waals surface area contributed by atoms with E-state index in [2.05, 4.69) is 12.2 Å². The van der Waals surface area contributed by atoms with Crippen molar-refractivity contribution < 1.29 is 14.3 Å². The van der Waals surface area contributed by atoms with Crippen LogP contribution in [-0.2, 0) is 22.4 Å². The second-order valence-corrected chi connectivity index (χ2v) is 6.73. The molecule has 0 aliphatic rings. The zero-order chi connectivity index (χ0) is 19.8. The normalized spacial score (nSPS) is 11.6. The molecule has 2 rings (SSSR count). The van der Waals surface area contributed by atoms with Crippen molar-refractivity contribution in [3.8, 4) is 5.75 Å². The number of anilines is 1. The number of nitrogens with one attached hydrogen (secondary N) is 1. The molecular formula is C22H28N2O3. The highest BCUT2D eigenvalue weighted by Crippen LogP contribution is 2.16. The van der Waals surface area contributed by atoms with Gasteiger partial charge in [-0.2, -0.15) is 0 Å². The number of carbonyl (C=O) groups excluding carboxylic acids is 2. The van der Waals surface area contributed by atoms with E-state index in [0.717, 1.165) is 12.0 Å². The minimum absolute atomic E-state index is 0.102. The van der Waals surface area contributed by atoms with Crippen LogP contribution in [-0.4, -0.2) is 36.9 Å². The number of rotatable bonds is 8. The van der Waals surface area contributed by atoms with Crippen molar-refractivity contribution >= 4 is 17.5 Å². The summed E-state index contributed by atoms with van der Waals surface area (Å²) in [7, 11) is 3.50. The van der Waals surface area contributed by atoms with E-state index in [9.17, 15) is 9.59 Å². The van der Waals surface area contributed by atoms with E-state index in [1.54, 1.807) is 25.9 Å². The number of benzene rings is 2. The molecule has 0 spiro atoms. The van der Waals surface area contributed by atoms with Gasteiger partial charge >= 0.3 is 0 Å². The number of ether oxygens (including phenoxy) is 1. The number of aryl methyl sites for hydroxylation is 2. The molecule has 0 aliphatic carbocycles. The van der Waals surface area contributed by atoms with Crippen molar-refractivity contribution in [3.63, 3.8) is 0 Å². The Morgan fingerprint density at radius 3 is 2.15 bits per heavy atom. The average molecular weight is 368 g/mol. The number of hydrogen-bond acceptors (Lipinski definition) is 3. The van der Waals surface area contributed by atoms with Crippen LogP contribution < -0.4 is 10.1 Å². The third kappa shape index (κ3) is 6.44. The van der Waals surface area contributed by atoms with Crippen LogP contribution in [0.5, 0.6) is 5.75 Å². The number of nitrogens with zero attached hydrogens (tertiary/aromatic N) is 1. The van der Waals surface area contributed by atoms with Crippen LogP contribution in [0.3, 0.4) is 0 Å². The minimum atomic E-state index is -0.602. The zero-order valence-corrected chi connectivity index (χ0v) is 16.5. The molecule has 144 valence electrons. The van der Waals surface area contributed by atoms with Crippen molar-refractivity contribution in [2.24, 2.45) is 0 Å². The molecule has 0 bridgehead atoms. The SMILES string of the molecule is CCc1ccc(OC(C)C(=O)Nc2ccc(CCC(=O)N(C)C)cc2)cc1. The van der Waals surface area contributed by atoms with Crippen LogP contribution >= 0.6 is 0 Å². The van der Waals surface area contributed by atoms with Gasteiger partial charge < -0.3 is 15.0 Å². The second kappa shape index (κ2) is 9.76. The maximum absolute atomic E-state index is 12.3. The smallest absolute Gasteiger partial charge is 0.265 e. The van der Waals surface area contributed by atoms with Crippen molar-refractivity contribution in [1.82, 2.24) is 4.90 Å². The lowest BCUT2D eigenvalue weighted by Crippen LogP contribution is -2.30. The molecule has 0 radical (unpaired) electrons. The largest absolute Gasteiger partial charge is 0.481 e. The first-order valence-corrected chi connectivity index (χ1v) is 9.24. The summed E-state index contributed by atoms with van der Waals surface area (Å²) >= 11 is 0. The van der Waals surface area contributed by atoms with Gasteiger partial charge in [-0.3, -0.25) is 9.59 Å². The fraction of sp³-hybridized carbons (Fsp3) is 0.364. The number of amides is 2. The fourth-order valence-electron chi connectivity index (χ4n) is 2.53. The molecule has 0 aromatic heterocycles. The monoisotopic (exact) mass is 368 g/mol. The molecule has 0 saturated heterocycles. The lowest BCUT2D eigenvalue weighted by molar-refractivity contribution is -0.128. The molecule has 0 heterocycles. The Hall–Kier alpha value is -2.82. The van der Waals surface area contributed by atoms with Gasteiger partial charge in [0.15, 0.2) is 6.10 Å². The lowest BCUT2D eigenvalue weighted by atomic mass is 10.1. The highest BCUT2D eigenvalue weighted by Gasteiger charge is 2.15. The predicted molar refractivity (Wildman–Crippen MR) is 108 cm³/mol. The van der Waals surface area contributed by atoms with Crippen LogP contribution in [0.25, 0.3) is 0 Å². The van der Waals surface area contributed by atoms with Crippen molar-refractivity contribution in [1.29, 1.82) is 0 Å². The van der Waals surface area contributed by atoms with Gasteiger partial charge in [0.05, 0.1) is 0 Å². The summed E-state index contributed by atoms with van der Waals surface area (Å²) < 4.78 is 5.70. The van der Waals surface area contributed by atoms with Gasteiger partial charge in [0.2, 0.25) is 5.91 Å². The summed E-state index contributed by atoms with van der Waals surface area (Å²) in [6, 6.07) is 15.3. The molecule has 5 nitrogen and oxygen atoms in total. The fourth-order valence-corrected chi connectivity index (χ4v) is 2.53. The standard InChI is InChI=1S/C22H28N2O3/c1-5-17-8-13-20(14-9-17)27-16(2)22(26)23-19-11-6-18(7-12-19)10-15-21(25)24(3)4/h6-9,11-14,16H,5,10,15H2,1-4H3,(H,23,26). The number of carbonyl (C=O) groups is 2. The molecule has 5 heteroatoms. The van der Waals surface area contributed by atoms with Crippen molar-refractivity contribution in [3.05, 3.63) is 59.7 Å². The van der Waals surface area contributed by atoms with Crippen LogP contribution in [0.15, 0.2) is 48.5 Å². The highest BCUT2D eigenvalue weighted by molar-refractivity contribution is 5.94. The molecule has 2 aromatic carbocycles. The van der Waals surface area contributed by atoms with E-state index in [1.165, 1.54) is 5.56 Å². The Bertz CT molecular complexity index is 752. The summed E-state index contributed by atoms with van der Waals surface area (Å²) in [6.45, 7) is 3.82. The maximum Gasteiger partial charge on any atom is 0.265 e. The van der Waals surface area contributed by atoms with E-state index >= 15 is 0 Å². The first-order valence-electron chi connectivity index (χ1n) is 9.24. The van der Waals surface area contributed by atoms with E-state index in [-0.39, 0.29) is 11.8 Å². The third-order valence-corrected chi connectivity index (χ3v) is 4.36. The highest BCUT2D eigenvalue weighted by atomic mass is 16.5. The molecular weight excluding hydrogens is 340 g/mol. The third-order valence-electron chi connectivity index (χ3n) is 4.36. The van der Waals surface area contributed by atoms with Gasteiger partial charge in [0, 0.05) is 26.2 Å². The van der Waals surface area contributed by atoms with Gasteiger partial charge in [-0.05, 0) is 55.2 Å². The Labute approximate surface area is 161 Å². The molecule has 1 N–H and O–H groups in total. The van der Waals surface area contributed by atoms with Gasteiger partial charge in [-0.15, -0.1) is 0 Å². The molecule has 2 amide bonds. The van der Waals surface area contributed by atoms with Crippen LogP contribution in [0, 0.1) is 0 Å². The Balaban J connectivity index is 1.85. The first kappa shape index (κ1) is 20.5.